The number of carbonyl (C=O) groups is 1. The molecule has 2 aromatic rings. The average Bonchev–Trinajstić information content (AvgIpc) is 2.85. The number of rotatable bonds is 3. The van der Waals surface area contributed by atoms with E-state index < -0.39 is 5.97 Å². The van der Waals surface area contributed by atoms with Gasteiger partial charge in [-0.1, -0.05) is 23.2 Å². The number of aromatic carboxylic acids is 1. The first-order chi connectivity index (χ1) is 10.9. The summed E-state index contributed by atoms with van der Waals surface area (Å²) >= 11 is 11.9. The number of hydrogen-bond acceptors (Lipinski definition) is 4. The highest BCUT2D eigenvalue weighted by atomic mass is 35.5. The zero-order valence-corrected chi connectivity index (χ0v) is 13.4. The topological polar surface area (TPSA) is 81.0 Å². The summed E-state index contributed by atoms with van der Waals surface area (Å²) in [6.45, 7) is 0.992. The van der Waals surface area contributed by atoms with Gasteiger partial charge >= 0.3 is 5.97 Å². The normalized spacial score (nSPS) is 13.2. The molecule has 7 heteroatoms. The molecule has 0 aliphatic carbocycles. The zero-order valence-electron chi connectivity index (χ0n) is 11.9. The predicted octanol–water partition coefficient (Wildman–Crippen LogP) is 3.67. The van der Waals surface area contributed by atoms with Crippen molar-refractivity contribution in [3.8, 4) is 11.5 Å². The van der Waals surface area contributed by atoms with E-state index in [1.165, 1.54) is 18.2 Å². The Morgan fingerprint density at radius 1 is 1.17 bits per heavy atom. The number of hydrogen-bond donors (Lipinski definition) is 3. The molecular weight excluding hydrogens is 341 g/mol. The maximum absolute atomic E-state index is 11.1. The molecule has 0 saturated heterocycles. The van der Waals surface area contributed by atoms with Gasteiger partial charge in [-0.15, -0.1) is 0 Å². The molecule has 23 heavy (non-hydrogen) atoms. The third-order valence-electron chi connectivity index (χ3n) is 3.89. The average molecular weight is 354 g/mol. The van der Waals surface area contributed by atoms with Gasteiger partial charge in [0.25, 0.3) is 0 Å². The minimum atomic E-state index is -1.16. The maximum Gasteiger partial charge on any atom is 0.339 e. The number of benzene rings is 2. The van der Waals surface area contributed by atoms with Crippen LogP contribution in [-0.2, 0) is 13.0 Å². The van der Waals surface area contributed by atoms with Crippen LogP contribution in [0.3, 0.4) is 0 Å². The number of carboxylic acids is 1. The van der Waals surface area contributed by atoms with Crippen molar-refractivity contribution in [3.05, 3.63) is 51.0 Å². The third-order valence-corrected chi connectivity index (χ3v) is 4.39. The van der Waals surface area contributed by atoms with Gasteiger partial charge in [0.1, 0.15) is 17.1 Å². The van der Waals surface area contributed by atoms with Crippen LogP contribution in [0.15, 0.2) is 24.3 Å². The number of nitrogens with zero attached hydrogens (tertiary/aromatic N) is 1. The van der Waals surface area contributed by atoms with Crippen LogP contribution >= 0.6 is 23.2 Å². The SMILES string of the molecule is O=C(O)c1cc2c(cc1O)N(Cc1cc(Cl)cc(Cl)c1O)CC2. The Morgan fingerprint density at radius 3 is 2.61 bits per heavy atom. The van der Waals surface area contributed by atoms with Gasteiger partial charge in [0.05, 0.1) is 5.02 Å². The number of carboxylic acid groups (broad SMARTS) is 1. The molecule has 0 fully saturated rings. The fourth-order valence-corrected chi connectivity index (χ4v) is 3.31. The lowest BCUT2D eigenvalue weighted by atomic mass is 10.1. The first-order valence-corrected chi connectivity index (χ1v) is 7.63. The summed E-state index contributed by atoms with van der Waals surface area (Å²) in [6.07, 6.45) is 0.658. The van der Waals surface area contributed by atoms with Crippen molar-refractivity contribution in [2.45, 2.75) is 13.0 Å². The molecule has 0 spiro atoms. The number of anilines is 1. The van der Waals surface area contributed by atoms with Crippen molar-refractivity contribution in [1.82, 2.24) is 0 Å². The molecule has 1 aliphatic heterocycles. The lowest BCUT2D eigenvalue weighted by molar-refractivity contribution is 0.0693. The van der Waals surface area contributed by atoms with Crippen LogP contribution in [-0.4, -0.2) is 27.8 Å². The Morgan fingerprint density at radius 2 is 1.91 bits per heavy atom. The van der Waals surface area contributed by atoms with E-state index in [1.807, 2.05) is 4.90 Å². The molecular formula is C16H13Cl2NO4. The van der Waals surface area contributed by atoms with Crippen molar-refractivity contribution in [2.75, 3.05) is 11.4 Å². The minimum absolute atomic E-state index is 0.0316. The monoisotopic (exact) mass is 353 g/mol. The molecule has 3 rings (SSSR count). The van der Waals surface area contributed by atoms with Gasteiger partial charge in [0.15, 0.2) is 0 Å². The van der Waals surface area contributed by atoms with Crippen LogP contribution in [0.2, 0.25) is 10.0 Å². The van der Waals surface area contributed by atoms with Crippen molar-refractivity contribution >= 4 is 34.9 Å². The highest BCUT2D eigenvalue weighted by Gasteiger charge is 2.24. The minimum Gasteiger partial charge on any atom is -0.507 e. The largest absolute Gasteiger partial charge is 0.507 e. The zero-order chi connectivity index (χ0) is 16.7. The molecule has 0 bridgehead atoms. The Balaban J connectivity index is 1.95. The fourth-order valence-electron chi connectivity index (χ4n) is 2.77. The van der Waals surface area contributed by atoms with Gasteiger partial charge in [-0.3, -0.25) is 0 Å². The van der Waals surface area contributed by atoms with E-state index >= 15 is 0 Å². The molecule has 0 radical (unpaired) electrons. The van der Waals surface area contributed by atoms with E-state index in [0.29, 0.717) is 30.1 Å². The summed E-state index contributed by atoms with van der Waals surface area (Å²) in [5.41, 5.74) is 2.03. The van der Waals surface area contributed by atoms with Gasteiger partial charge in [0, 0.05) is 35.4 Å². The number of aromatic hydroxyl groups is 2. The number of halogens is 2. The molecule has 0 unspecified atom stereocenters. The molecule has 1 heterocycles. The molecule has 1 aliphatic rings. The van der Waals surface area contributed by atoms with Crippen LogP contribution in [0.4, 0.5) is 5.69 Å². The first-order valence-electron chi connectivity index (χ1n) is 6.88. The van der Waals surface area contributed by atoms with E-state index in [1.54, 1.807) is 6.07 Å². The molecule has 0 amide bonds. The second-order valence-electron chi connectivity index (χ2n) is 5.37. The van der Waals surface area contributed by atoms with Crippen LogP contribution in [0.1, 0.15) is 21.5 Å². The Bertz CT molecular complexity index is 807. The maximum atomic E-state index is 11.1. The van der Waals surface area contributed by atoms with Gasteiger partial charge in [-0.25, -0.2) is 4.79 Å². The van der Waals surface area contributed by atoms with Gasteiger partial charge in [-0.2, -0.15) is 0 Å². The first kappa shape index (κ1) is 15.8. The summed E-state index contributed by atoms with van der Waals surface area (Å²) in [4.78, 5) is 13.0. The molecule has 5 nitrogen and oxygen atoms in total. The van der Waals surface area contributed by atoms with E-state index in [-0.39, 0.29) is 22.1 Å². The summed E-state index contributed by atoms with van der Waals surface area (Å²) in [5.74, 6) is -1.48. The third kappa shape index (κ3) is 2.90. The van der Waals surface area contributed by atoms with Crippen LogP contribution < -0.4 is 4.90 Å². The highest BCUT2D eigenvalue weighted by molar-refractivity contribution is 6.35. The fraction of sp³-hybridized carbons (Fsp3) is 0.188. The van der Waals surface area contributed by atoms with Crippen LogP contribution in [0, 0.1) is 0 Å². The molecule has 0 aromatic heterocycles. The van der Waals surface area contributed by atoms with Gasteiger partial charge < -0.3 is 20.2 Å². The number of phenolic OH excluding ortho intramolecular Hbond substituents is 1. The second kappa shape index (κ2) is 5.83. The van der Waals surface area contributed by atoms with Gasteiger partial charge in [-0.05, 0) is 30.2 Å². The lowest BCUT2D eigenvalue weighted by Gasteiger charge is -2.21. The van der Waals surface area contributed by atoms with Crippen LogP contribution in [0.25, 0.3) is 0 Å². The Kier molecular flexibility index (Phi) is 4.00. The molecule has 120 valence electrons. The van der Waals surface area contributed by atoms with E-state index in [9.17, 15) is 15.0 Å². The van der Waals surface area contributed by atoms with E-state index in [0.717, 1.165) is 11.3 Å². The predicted molar refractivity (Wildman–Crippen MR) is 87.9 cm³/mol. The molecule has 3 N–H and O–H groups in total. The summed E-state index contributed by atoms with van der Waals surface area (Å²) < 4.78 is 0. The van der Waals surface area contributed by atoms with E-state index in [2.05, 4.69) is 0 Å². The number of phenols is 2. The molecule has 0 atom stereocenters. The quantitative estimate of drug-likeness (QED) is 0.784. The summed E-state index contributed by atoms with van der Waals surface area (Å²) in [7, 11) is 0. The van der Waals surface area contributed by atoms with Gasteiger partial charge in [0.2, 0.25) is 0 Å². The highest BCUT2D eigenvalue weighted by Crippen LogP contribution is 2.37. The van der Waals surface area contributed by atoms with Crippen molar-refractivity contribution in [1.29, 1.82) is 0 Å². The Hall–Kier alpha value is -2.11. The Labute approximate surface area is 142 Å². The van der Waals surface area contributed by atoms with Crippen molar-refractivity contribution < 1.29 is 20.1 Å². The van der Waals surface area contributed by atoms with Crippen LogP contribution in [0.5, 0.6) is 11.5 Å². The van der Waals surface area contributed by atoms with Crippen molar-refractivity contribution in [3.63, 3.8) is 0 Å². The standard InChI is InChI=1S/C16H13Cl2NO4/c17-10-3-9(15(21)12(18)5-10)7-19-2-1-8-4-11(16(22)23)14(20)6-13(8)19/h3-6,20-21H,1-2,7H2,(H,22,23). The smallest absolute Gasteiger partial charge is 0.339 e. The molecule has 2 aromatic carbocycles. The second-order valence-corrected chi connectivity index (χ2v) is 6.21. The number of fused-ring (bicyclic) bond motifs is 1. The summed E-state index contributed by atoms with van der Waals surface area (Å²) in [5, 5.41) is 29.6. The van der Waals surface area contributed by atoms with E-state index in [4.69, 9.17) is 28.3 Å². The van der Waals surface area contributed by atoms with Crippen molar-refractivity contribution in [2.24, 2.45) is 0 Å². The summed E-state index contributed by atoms with van der Waals surface area (Å²) in [6, 6.07) is 6.02. The lowest BCUT2D eigenvalue weighted by Crippen LogP contribution is -2.19. The molecule has 0 saturated carbocycles.